The molecule has 0 amide bonds. The molecule has 0 radical (unpaired) electrons. The summed E-state index contributed by atoms with van der Waals surface area (Å²) in [6, 6.07) is 79.0. The molecule has 3 nitrogen and oxygen atoms in total. The lowest BCUT2D eigenvalue weighted by Crippen LogP contribution is -2.32. The third kappa shape index (κ3) is 4.83. The summed E-state index contributed by atoms with van der Waals surface area (Å²) in [6.07, 6.45) is 0. The zero-order valence-corrected chi connectivity index (χ0v) is 33.1. The minimum Gasteiger partial charge on any atom is -0.457 e. The van der Waals surface area contributed by atoms with Gasteiger partial charge in [-0.25, -0.2) is 4.98 Å². The zero-order chi connectivity index (χ0) is 40.1. The maximum absolute atomic E-state index is 6.97. The summed E-state index contributed by atoms with van der Waals surface area (Å²) >= 11 is 0. The van der Waals surface area contributed by atoms with Crippen molar-refractivity contribution >= 4 is 32.6 Å². The van der Waals surface area contributed by atoms with Gasteiger partial charge in [-0.15, -0.1) is 0 Å². The largest absolute Gasteiger partial charge is 0.457 e. The molecule has 3 heterocycles. The van der Waals surface area contributed by atoms with E-state index in [2.05, 4.69) is 223 Å². The number of para-hydroxylation sites is 2. The number of pyridine rings is 1. The van der Waals surface area contributed by atoms with Gasteiger partial charge in [-0.05, 0) is 81.2 Å². The van der Waals surface area contributed by atoms with E-state index in [0.717, 1.165) is 72.8 Å². The van der Waals surface area contributed by atoms with E-state index in [0.29, 0.717) is 0 Å². The van der Waals surface area contributed by atoms with Crippen molar-refractivity contribution in [1.29, 1.82) is 0 Å². The van der Waals surface area contributed by atoms with Gasteiger partial charge in [-0.2, -0.15) is 0 Å². The van der Waals surface area contributed by atoms with Crippen LogP contribution >= 0.6 is 0 Å². The first kappa shape index (κ1) is 33.9. The molecule has 61 heavy (non-hydrogen) atoms. The second-order valence-electron chi connectivity index (χ2n) is 16.2. The molecular formula is C58H36N2O. The van der Waals surface area contributed by atoms with Gasteiger partial charge < -0.3 is 9.30 Å². The van der Waals surface area contributed by atoms with E-state index in [1.807, 2.05) is 0 Å². The molecule has 0 saturated carbocycles. The summed E-state index contributed by atoms with van der Waals surface area (Å²) in [5.74, 6) is 1.79. The van der Waals surface area contributed by atoms with Gasteiger partial charge in [0.05, 0.1) is 33.5 Å². The molecule has 0 fully saturated rings. The predicted octanol–water partition coefficient (Wildman–Crippen LogP) is 14.8. The maximum atomic E-state index is 6.97. The van der Waals surface area contributed by atoms with E-state index in [9.17, 15) is 0 Å². The van der Waals surface area contributed by atoms with Crippen molar-refractivity contribution in [2.45, 2.75) is 5.41 Å². The SMILES string of the molecule is c1ccc(-c2cc(-c3ccc(-n4c5ccccc5c5cc6c(cc54)C4(c5ccccc5O6)c5ccccc5-c5ccccc54)c4ccccc34)cc(-c3ccccc3)n2)cc1. The van der Waals surface area contributed by atoms with Gasteiger partial charge in [0.25, 0.3) is 0 Å². The number of hydrogen-bond acceptors (Lipinski definition) is 2. The van der Waals surface area contributed by atoms with Crippen LogP contribution in [-0.2, 0) is 5.41 Å². The minimum absolute atomic E-state index is 0.562. The molecule has 0 bridgehead atoms. The average molecular weight is 777 g/mol. The van der Waals surface area contributed by atoms with Crippen LogP contribution < -0.4 is 4.74 Å². The Kier molecular flexibility index (Phi) is 7.22. The molecule has 0 atom stereocenters. The van der Waals surface area contributed by atoms with Gasteiger partial charge in [0.15, 0.2) is 0 Å². The number of benzene rings is 9. The van der Waals surface area contributed by atoms with Gasteiger partial charge in [0.1, 0.15) is 11.5 Å². The van der Waals surface area contributed by atoms with Crippen molar-refractivity contribution in [3.63, 3.8) is 0 Å². The molecule has 11 aromatic rings. The van der Waals surface area contributed by atoms with Crippen LogP contribution in [0.5, 0.6) is 11.5 Å². The molecular weight excluding hydrogens is 741 g/mol. The molecule has 0 unspecified atom stereocenters. The topological polar surface area (TPSA) is 27.1 Å². The van der Waals surface area contributed by atoms with Crippen LogP contribution in [0.4, 0.5) is 0 Å². The van der Waals surface area contributed by atoms with Crippen LogP contribution in [0, 0.1) is 0 Å². The van der Waals surface area contributed by atoms with Crippen LogP contribution in [-0.4, -0.2) is 9.55 Å². The van der Waals surface area contributed by atoms with E-state index in [-0.39, 0.29) is 0 Å². The Balaban J connectivity index is 1.08. The van der Waals surface area contributed by atoms with Gasteiger partial charge in [-0.1, -0.05) is 176 Å². The molecule has 3 heteroatoms. The number of fused-ring (bicyclic) bond motifs is 13. The van der Waals surface area contributed by atoms with Crippen molar-refractivity contribution < 1.29 is 4.74 Å². The first-order valence-electron chi connectivity index (χ1n) is 21.0. The monoisotopic (exact) mass is 776 g/mol. The molecule has 9 aromatic carbocycles. The van der Waals surface area contributed by atoms with E-state index in [1.54, 1.807) is 0 Å². The molecule has 1 aliphatic carbocycles. The van der Waals surface area contributed by atoms with Crippen LogP contribution in [0.1, 0.15) is 22.3 Å². The quantitative estimate of drug-likeness (QED) is 0.178. The highest BCUT2D eigenvalue weighted by Crippen LogP contribution is 2.62. The second-order valence-corrected chi connectivity index (χ2v) is 16.2. The highest BCUT2D eigenvalue weighted by Gasteiger charge is 2.51. The standard InChI is InChI=1S/C58H36N2O/c1-3-17-37(18-4-1)51-33-39(34-52(59-51)38-19-5-2-6-20-38)40-31-32-54(44-24-8-7-21-41(40)44)60-53-29-15-11-25-45(53)46-35-57-50(36-55(46)60)58(49-28-14-16-30-56(49)61-57)47-26-12-9-22-42(47)43-23-10-13-27-48(43)58/h1-36H. The van der Waals surface area contributed by atoms with Crippen LogP contribution in [0.3, 0.4) is 0 Å². The lowest BCUT2D eigenvalue weighted by Gasteiger charge is -2.39. The summed E-state index contributed by atoms with van der Waals surface area (Å²) in [5.41, 5.74) is 16.7. The molecule has 2 aromatic heterocycles. The Morgan fingerprint density at radius 1 is 0.344 bits per heavy atom. The molecule has 1 spiro atoms. The summed E-state index contributed by atoms with van der Waals surface area (Å²) in [4.78, 5) is 5.20. The maximum Gasteiger partial charge on any atom is 0.133 e. The second kappa shape index (κ2) is 13.0. The van der Waals surface area contributed by atoms with Crippen molar-refractivity contribution in [3.05, 3.63) is 241 Å². The molecule has 0 saturated heterocycles. The third-order valence-electron chi connectivity index (χ3n) is 13.1. The summed E-state index contributed by atoms with van der Waals surface area (Å²) in [6.45, 7) is 0. The number of rotatable bonds is 4. The smallest absolute Gasteiger partial charge is 0.133 e. The Labute approximate surface area is 353 Å². The Morgan fingerprint density at radius 3 is 1.59 bits per heavy atom. The summed E-state index contributed by atoms with van der Waals surface area (Å²) < 4.78 is 9.45. The fourth-order valence-electron chi connectivity index (χ4n) is 10.5. The van der Waals surface area contributed by atoms with Gasteiger partial charge in [-0.3, -0.25) is 0 Å². The fourth-order valence-corrected chi connectivity index (χ4v) is 10.5. The lowest BCUT2D eigenvalue weighted by molar-refractivity contribution is 0.437. The highest BCUT2D eigenvalue weighted by atomic mass is 16.5. The highest BCUT2D eigenvalue weighted by molar-refractivity contribution is 6.13. The van der Waals surface area contributed by atoms with Crippen LogP contribution in [0.2, 0.25) is 0 Å². The van der Waals surface area contributed by atoms with E-state index < -0.39 is 5.41 Å². The van der Waals surface area contributed by atoms with E-state index in [4.69, 9.17) is 9.72 Å². The van der Waals surface area contributed by atoms with Crippen molar-refractivity contribution in [2.24, 2.45) is 0 Å². The van der Waals surface area contributed by atoms with Crippen molar-refractivity contribution in [3.8, 4) is 62.0 Å². The molecule has 0 N–H and O–H groups in total. The van der Waals surface area contributed by atoms with Crippen molar-refractivity contribution in [2.75, 3.05) is 0 Å². The molecule has 284 valence electrons. The summed E-state index contributed by atoms with van der Waals surface area (Å²) in [5, 5.41) is 4.70. The Bertz CT molecular complexity index is 3460. The number of hydrogen-bond donors (Lipinski definition) is 0. The van der Waals surface area contributed by atoms with Gasteiger partial charge in [0.2, 0.25) is 0 Å². The molecule has 2 aliphatic rings. The summed E-state index contributed by atoms with van der Waals surface area (Å²) in [7, 11) is 0. The Hall–Kier alpha value is -8.01. The normalized spacial score (nSPS) is 13.2. The zero-order valence-electron chi connectivity index (χ0n) is 33.1. The van der Waals surface area contributed by atoms with Crippen LogP contribution in [0.15, 0.2) is 218 Å². The van der Waals surface area contributed by atoms with Gasteiger partial charge in [0, 0.05) is 38.4 Å². The third-order valence-corrected chi connectivity index (χ3v) is 13.1. The first-order chi connectivity index (χ1) is 30.3. The molecule has 1 aliphatic heterocycles. The van der Waals surface area contributed by atoms with Gasteiger partial charge >= 0.3 is 0 Å². The predicted molar refractivity (Wildman–Crippen MR) is 250 cm³/mol. The van der Waals surface area contributed by atoms with Crippen molar-refractivity contribution in [1.82, 2.24) is 9.55 Å². The first-order valence-corrected chi connectivity index (χ1v) is 21.0. The molecule has 13 rings (SSSR count). The fraction of sp³-hybridized carbons (Fsp3) is 0.0172. The van der Waals surface area contributed by atoms with Crippen LogP contribution in [0.25, 0.3) is 83.0 Å². The minimum atomic E-state index is -0.562. The number of ether oxygens (including phenoxy) is 1. The van der Waals surface area contributed by atoms with E-state index >= 15 is 0 Å². The average Bonchev–Trinajstić information content (AvgIpc) is 3.81. The van der Waals surface area contributed by atoms with E-state index in [1.165, 1.54) is 44.0 Å². The number of aromatic nitrogens is 2. The Morgan fingerprint density at radius 2 is 0.902 bits per heavy atom. The number of nitrogens with zero attached hydrogens (tertiary/aromatic N) is 2. The lowest BCUT2D eigenvalue weighted by atomic mass is 9.66.